The van der Waals surface area contributed by atoms with Crippen molar-refractivity contribution >= 4 is 15.9 Å². The first-order valence-electron chi connectivity index (χ1n) is 6.15. The van der Waals surface area contributed by atoms with Gasteiger partial charge >= 0.3 is 0 Å². The van der Waals surface area contributed by atoms with E-state index < -0.39 is 0 Å². The van der Waals surface area contributed by atoms with Crippen LogP contribution in [0, 0.1) is 5.82 Å². The number of rotatable bonds is 6. The van der Waals surface area contributed by atoms with Gasteiger partial charge in [0.1, 0.15) is 5.82 Å². The summed E-state index contributed by atoms with van der Waals surface area (Å²) >= 11 is 3.18. The number of halogens is 2. The van der Waals surface area contributed by atoms with Crippen LogP contribution in [0.4, 0.5) is 4.39 Å². The Morgan fingerprint density at radius 2 is 2.00 bits per heavy atom. The van der Waals surface area contributed by atoms with E-state index in [1.165, 1.54) is 6.07 Å². The van der Waals surface area contributed by atoms with E-state index in [-0.39, 0.29) is 11.4 Å². The second-order valence-corrected chi connectivity index (χ2v) is 6.14. The minimum absolute atomic E-state index is 0.130. The zero-order valence-electron chi connectivity index (χ0n) is 11.2. The summed E-state index contributed by atoms with van der Waals surface area (Å²) in [5, 5.41) is 3.36. The summed E-state index contributed by atoms with van der Waals surface area (Å²) in [7, 11) is 0. The zero-order chi connectivity index (χ0) is 13.6. The maximum Gasteiger partial charge on any atom is 0.137 e. The van der Waals surface area contributed by atoms with Crippen molar-refractivity contribution in [1.29, 1.82) is 0 Å². The van der Waals surface area contributed by atoms with Crippen molar-refractivity contribution in [2.24, 2.45) is 0 Å². The summed E-state index contributed by atoms with van der Waals surface area (Å²) in [6.45, 7) is 8.58. The Kier molecular flexibility index (Phi) is 6.26. The SMILES string of the molecule is CC(C)(C)NCCOCCc1ccc(F)c(Br)c1. The van der Waals surface area contributed by atoms with Gasteiger partial charge in [-0.2, -0.15) is 0 Å². The molecule has 0 saturated carbocycles. The molecule has 2 nitrogen and oxygen atoms in total. The molecular formula is C14H21BrFNO. The number of hydrogen-bond donors (Lipinski definition) is 1. The van der Waals surface area contributed by atoms with Gasteiger partial charge in [0, 0.05) is 12.1 Å². The molecule has 1 aromatic rings. The molecule has 0 aliphatic rings. The molecule has 1 N–H and O–H groups in total. The van der Waals surface area contributed by atoms with Gasteiger partial charge in [-0.1, -0.05) is 6.07 Å². The molecule has 0 unspecified atom stereocenters. The third-order valence-corrected chi connectivity index (χ3v) is 3.03. The first-order chi connectivity index (χ1) is 8.38. The summed E-state index contributed by atoms with van der Waals surface area (Å²) < 4.78 is 19.1. The topological polar surface area (TPSA) is 21.3 Å². The van der Waals surface area contributed by atoms with Gasteiger partial charge in [-0.25, -0.2) is 4.39 Å². The first kappa shape index (κ1) is 15.6. The Morgan fingerprint density at radius 3 is 2.61 bits per heavy atom. The molecule has 0 aromatic heterocycles. The van der Waals surface area contributed by atoms with Crippen LogP contribution in [0.15, 0.2) is 22.7 Å². The molecule has 0 aliphatic heterocycles. The summed E-state index contributed by atoms with van der Waals surface area (Å²) in [5.41, 5.74) is 1.21. The Bertz CT molecular complexity index is 377. The average Bonchev–Trinajstić information content (AvgIpc) is 2.26. The van der Waals surface area contributed by atoms with Crippen molar-refractivity contribution in [3.05, 3.63) is 34.1 Å². The van der Waals surface area contributed by atoms with Crippen LogP contribution in [-0.2, 0) is 11.2 Å². The third kappa shape index (κ3) is 6.47. The van der Waals surface area contributed by atoms with Crippen LogP contribution < -0.4 is 5.32 Å². The van der Waals surface area contributed by atoms with Crippen molar-refractivity contribution < 1.29 is 9.13 Å². The van der Waals surface area contributed by atoms with E-state index in [9.17, 15) is 4.39 Å². The third-order valence-electron chi connectivity index (χ3n) is 2.42. The zero-order valence-corrected chi connectivity index (χ0v) is 12.8. The highest BCUT2D eigenvalue weighted by molar-refractivity contribution is 9.10. The molecule has 0 saturated heterocycles. The Labute approximate surface area is 117 Å². The van der Waals surface area contributed by atoms with Crippen molar-refractivity contribution in [2.45, 2.75) is 32.7 Å². The van der Waals surface area contributed by atoms with Gasteiger partial charge in [-0.3, -0.25) is 0 Å². The fourth-order valence-corrected chi connectivity index (χ4v) is 1.91. The Balaban J connectivity index is 2.16. The molecule has 0 fully saturated rings. The van der Waals surface area contributed by atoms with E-state index in [0.717, 1.165) is 18.5 Å². The van der Waals surface area contributed by atoms with Crippen LogP contribution in [0.5, 0.6) is 0 Å². The smallest absolute Gasteiger partial charge is 0.137 e. The van der Waals surface area contributed by atoms with Gasteiger partial charge in [0.2, 0.25) is 0 Å². The maximum absolute atomic E-state index is 13.0. The molecule has 0 atom stereocenters. The van der Waals surface area contributed by atoms with Crippen LogP contribution in [-0.4, -0.2) is 25.3 Å². The van der Waals surface area contributed by atoms with Gasteiger partial charge in [-0.15, -0.1) is 0 Å². The van der Waals surface area contributed by atoms with Crippen molar-refractivity contribution in [3.8, 4) is 0 Å². The number of benzene rings is 1. The molecule has 0 radical (unpaired) electrons. The van der Waals surface area contributed by atoms with Crippen molar-refractivity contribution in [2.75, 3.05) is 19.8 Å². The monoisotopic (exact) mass is 317 g/mol. The molecule has 1 rings (SSSR count). The normalized spacial score (nSPS) is 11.8. The largest absolute Gasteiger partial charge is 0.380 e. The van der Waals surface area contributed by atoms with Crippen LogP contribution in [0.3, 0.4) is 0 Å². The molecule has 4 heteroatoms. The van der Waals surface area contributed by atoms with Crippen LogP contribution in [0.1, 0.15) is 26.3 Å². The van der Waals surface area contributed by atoms with Crippen LogP contribution in [0.25, 0.3) is 0 Å². The lowest BCUT2D eigenvalue weighted by Gasteiger charge is -2.20. The van der Waals surface area contributed by atoms with E-state index in [0.29, 0.717) is 17.7 Å². The maximum atomic E-state index is 13.0. The summed E-state index contributed by atoms with van der Waals surface area (Å²) in [5.74, 6) is -0.228. The van der Waals surface area contributed by atoms with Gasteiger partial charge in [-0.05, 0) is 60.8 Å². The van der Waals surface area contributed by atoms with Gasteiger partial charge < -0.3 is 10.1 Å². The van der Waals surface area contributed by atoms with Crippen molar-refractivity contribution in [1.82, 2.24) is 5.32 Å². The van der Waals surface area contributed by atoms with E-state index in [1.54, 1.807) is 12.1 Å². The quantitative estimate of drug-likeness (QED) is 0.810. The van der Waals surface area contributed by atoms with Gasteiger partial charge in [0.05, 0.1) is 17.7 Å². The number of ether oxygens (including phenoxy) is 1. The molecular weight excluding hydrogens is 297 g/mol. The molecule has 18 heavy (non-hydrogen) atoms. The van der Waals surface area contributed by atoms with Crippen LogP contribution >= 0.6 is 15.9 Å². The highest BCUT2D eigenvalue weighted by Gasteiger charge is 2.07. The second-order valence-electron chi connectivity index (χ2n) is 5.29. The van der Waals surface area contributed by atoms with E-state index in [2.05, 4.69) is 42.0 Å². The predicted octanol–water partition coefficient (Wildman–Crippen LogP) is 3.54. The lowest BCUT2D eigenvalue weighted by Crippen LogP contribution is -2.38. The lowest BCUT2D eigenvalue weighted by molar-refractivity contribution is 0.133. The fourth-order valence-electron chi connectivity index (χ4n) is 1.49. The second kappa shape index (κ2) is 7.22. The average molecular weight is 318 g/mol. The van der Waals surface area contributed by atoms with Gasteiger partial charge in [0.15, 0.2) is 0 Å². The summed E-state index contributed by atoms with van der Waals surface area (Å²) in [4.78, 5) is 0. The number of nitrogens with one attached hydrogen (secondary N) is 1. The molecule has 0 aliphatic carbocycles. The summed E-state index contributed by atoms with van der Waals surface area (Å²) in [6.07, 6.45) is 0.800. The van der Waals surface area contributed by atoms with E-state index >= 15 is 0 Å². The lowest BCUT2D eigenvalue weighted by atomic mass is 10.1. The van der Waals surface area contributed by atoms with E-state index in [1.807, 2.05) is 0 Å². The standard InChI is InChI=1S/C14H21BrFNO/c1-14(2,3)17-7-9-18-8-6-11-4-5-13(16)12(15)10-11/h4-5,10,17H,6-9H2,1-3H3. The predicted molar refractivity (Wildman–Crippen MR) is 76.4 cm³/mol. The fraction of sp³-hybridized carbons (Fsp3) is 0.571. The Morgan fingerprint density at radius 1 is 1.28 bits per heavy atom. The van der Waals surface area contributed by atoms with Crippen LogP contribution in [0.2, 0.25) is 0 Å². The minimum Gasteiger partial charge on any atom is -0.380 e. The first-order valence-corrected chi connectivity index (χ1v) is 6.94. The highest BCUT2D eigenvalue weighted by Crippen LogP contribution is 2.17. The Hall–Kier alpha value is -0.450. The molecule has 0 heterocycles. The number of hydrogen-bond acceptors (Lipinski definition) is 2. The van der Waals surface area contributed by atoms with Crippen molar-refractivity contribution in [3.63, 3.8) is 0 Å². The summed E-state index contributed by atoms with van der Waals surface area (Å²) in [6, 6.07) is 5.06. The van der Waals surface area contributed by atoms with Gasteiger partial charge in [0.25, 0.3) is 0 Å². The highest BCUT2D eigenvalue weighted by atomic mass is 79.9. The molecule has 1 aromatic carbocycles. The molecule has 0 spiro atoms. The molecule has 102 valence electrons. The van der Waals surface area contributed by atoms with E-state index in [4.69, 9.17) is 4.74 Å². The molecule has 0 bridgehead atoms. The minimum atomic E-state index is -0.228. The molecule has 0 amide bonds.